The van der Waals surface area contributed by atoms with Crippen molar-refractivity contribution >= 4 is 23.5 Å². The minimum Gasteiger partial charge on any atom is -0.494 e. The lowest BCUT2D eigenvalue weighted by molar-refractivity contribution is -0.137. The maximum atomic E-state index is 14.2. The maximum Gasteiger partial charge on any atom is 0.305 e. The molecular formula is C23H20ClFN2O4. The average Bonchev–Trinajstić information content (AvgIpc) is 2.74. The van der Waals surface area contributed by atoms with Crippen LogP contribution in [0.25, 0.3) is 11.3 Å². The Morgan fingerprint density at radius 3 is 2.61 bits per heavy atom. The summed E-state index contributed by atoms with van der Waals surface area (Å²) in [6.07, 6.45) is -0.487. The van der Waals surface area contributed by atoms with Crippen molar-refractivity contribution in [2.24, 2.45) is 0 Å². The Morgan fingerprint density at radius 1 is 1.19 bits per heavy atom. The van der Waals surface area contributed by atoms with Crippen LogP contribution in [0.3, 0.4) is 0 Å². The lowest BCUT2D eigenvalue weighted by Crippen LogP contribution is -2.31. The molecule has 1 aromatic heterocycles. The standard InChI is InChI=1S/C23H20ClFN2O4/c1-13-7-8-16(24)15(11-13)22-20(31-2)10-9-18(26-22)23(30)27-19(12-21(28)29)14-5-3-4-6-17(14)25/h3-11,19H,12H2,1-2H3,(H,27,30)(H,28,29)/t19-/m0/s1. The molecule has 31 heavy (non-hydrogen) atoms. The molecule has 0 spiro atoms. The van der Waals surface area contributed by atoms with E-state index in [4.69, 9.17) is 16.3 Å². The van der Waals surface area contributed by atoms with Crippen LogP contribution in [0, 0.1) is 12.7 Å². The molecule has 6 nitrogen and oxygen atoms in total. The van der Waals surface area contributed by atoms with Crippen LogP contribution in [0.1, 0.15) is 34.1 Å². The van der Waals surface area contributed by atoms with Crippen LogP contribution in [0.2, 0.25) is 5.02 Å². The van der Waals surface area contributed by atoms with Crippen LogP contribution in [0.5, 0.6) is 5.75 Å². The predicted octanol–water partition coefficient (Wildman–Crippen LogP) is 4.80. The number of rotatable bonds is 7. The number of amides is 1. The van der Waals surface area contributed by atoms with E-state index < -0.39 is 30.2 Å². The number of carboxylic acids is 1. The summed E-state index contributed by atoms with van der Waals surface area (Å²) < 4.78 is 19.6. The van der Waals surface area contributed by atoms with Crippen molar-refractivity contribution in [1.29, 1.82) is 0 Å². The number of aliphatic carboxylic acids is 1. The molecule has 1 atom stereocenters. The van der Waals surface area contributed by atoms with Gasteiger partial charge in [-0.25, -0.2) is 9.37 Å². The number of aryl methyl sites for hydroxylation is 1. The van der Waals surface area contributed by atoms with E-state index in [1.807, 2.05) is 19.1 Å². The summed E-state index contributed by atoms with van der Waals surface area (Å²) in [6.45, 7) is 1.90. The van der Waals surface area contributed by atoms with Crippen LogP contribution in [0.4, 0.5) is 4.39 Å². The quantitative estimate of drug-likeness (QED) is 0.548. The van der Waals surface area contributed by atoms with Crippen LogP contribution in [0.15, 0.2) is 54.6 Å². The fourth-order valence-corrected chi connectivity index (χ4v) is 3.36. The van der Waals surface area contributed by atoms with E-state index >= 15 is 0 Å². The first-order valence-electron chi connectivity index (χ1n) is 9.38. The van der Waals surface area contributed by atoms with Crippen LogP contribution >= 0.6 is 11.6 Å². The second-order valence-electron chi connectivity index (χ2n) is 6.88. The van der Waals surface area contributed by atoms with E-state index in [0.29, 0.717) is 22.0 Å². The third kappa shape index (κ3) is 5.19. The molecule has 0 aliphatic carbocycles. The first kappa shape index (κ1) is 22.2. The number of ether oxygens (including phenoxy) is 1. The Labute approximate surface area is 183 Å². The molecule has 2 aromatic carbocycles. The zero-order valence-electron chi connectivity index (χ0n) is 16.9. The van der Waals surface area contributed by atoms with Crippen molar-refractivity contribution < 1.29 is 23.8 Å². The van der Waals surface area contributed by atoms with Gasteiger partial charge in [-0.2, -0.15) is 0 Å². The molecule has 3 aromatic rings. The van der Waals surface area contributed by atoms with Gasteiger partial charge < -0.3 is 15.2 Å². The molecule has 0 aliphatic heterocycles. The fraction of sp³-hybridized carbons (Fsp3) is 0.174. The van der Waals surface area contributed by atoms with E-state index in [-0.39, 0.29) is 11.3 Å². The number of hydrogen-bond acceptors (Lipinski definition) is 4. The minimum absolute atomic E-state index is 0.0140. The van der Waals surface area contributed by atoms with Gasteiger partial charge in [0.25, 0.3) is 5.91 Å². The number of aromatic nitrogens is 1. The SMILES string of the molecule is COc1ccc(C(=O)N[C@@H](CC(=O)O)c2ccccc2F)nc1-c1cc(C)ccc1Cl. The molecule has 1 heterocycles. The number of pyridine rings is 1. The average molecular weight is 443 g/mol. The molecular weight excluding hydrogens is 423 g/mol. The molecule has 0 saturated heterocycles. The van der Waals surface area contributed by atoms with Gasteiger partial charge in [0.2, 0.25) is 0 Å². The molecule has 0 aliphatic rings. The fourth-order valence-electron chi connectivity index (χ4n) is 3.15. The highest BCUT2D eigenvalue weighted by Crippen LogP contribution is 2.34. The highest BCUT2D eigenvalue weighted by molar-refractivity contribution is 6.33. The number of nitrogens with zero attached hydrogens (tertiary/aromatic N) is 1. The lowest BCUT2D eigenvalue weighted by atomic mass is 10.0. The Bertz CT molecular complexity index is 1140. The number of carbonyl (C=O) groups is 2. The first-order valence-corrected chi connectivity index (χ1v) is 9.76. The van der Waals surface area contributed by atoms with E-state index in [2.05, 4.69) is 10.3 Å². The maximum absolute atomic E-state index is 14.2. The van der Waals surface area contributed by atoms with Crippen molar-refractivity contribution in [3.8, 4) is 17.0 Å². The van der Waals surface area contributed by atoms with Gasteiger partial charge in [-0.1, -0.05) is 41.4 Å². The Morgan fingerprint density at radius 2 is 1.94 bits per heavy atom. The van der Waals surface area contributed by atoms with Gasteiger partial charge >= 0.3 is 5.97 Å². The number of benzene rings is 2. The Hall–Kier alpha value is -3.45. The lowest BCUT2D eigenvalue weighted by Gasteiger charge is -2.18. The highest BCUT2D eigenvalue weighted by Gasteiger charge is 2.23. The van der Waals surface area contributed by atoms with Crippen molar-refractivity contribution in [2.45, 2.75) is 19.4 Å². The number of carboxylic acid groups (broad SMARTS) is 1. The van der Waals surface area contributed by atoms with Crippen molar-refractivity contribution in [3.63, 3.8) is 0 Å². The van der Waals surface area contributed by atoms with Crippen LogP contribution in [-0.4, -0.2) is 29.1 Å². The number of nitrogens with one attached hydrogen (secondary N) is 1. The molecule has 8 heteroatoms. The predicted molar refractivity (Wildman–Crippen MR) is 115 cm³/mol. The molecule has 0 radical (unpaired) electrons. The molecule has 0 unspecified atom stereocenters. The zero-order valence-corrected chi connectivity index (χ0v) is 17.6. The summed E-state index contributed by atoms with van der Waals surface area (Å²) in [6, 6.07) is 13.0. The number of hydrogen-bond donors (Lipinski definition) is 2. The van der Waals surface area contributed by atoms with E-state index in [1.54, 1.807) is 18.2 Å². The van der Waals surface area contributed by atoms with Crippen molar-refractivity contribution in [2.75, 3.05) is 7.11 Å². The summed E-state index contributed by atoms with van der Waals surface area (Å²) in [5.74, 6) is -2.02. The van der Waals surface area contributed by atoms with E-state index in [0.717, 1.165) is 5.56 Å². The largest absolute Gasteiger partial charge is 0.494 e. The first-order chi connectivity index (χ1) is 14.8. The van der Waals surface area contributed by atoms with Gasteiger partial charge in [-0.15, -0.1) is 0 Å². The summed E-state index contributed by atoms with van der Waals surface area (Å²) in [5.41, 5.74) is 1.99. The molecule has 0 saturated carbocycles. The van der Waals surface area contributed by atoms with Gasteiger partial charge in [0.05, 0.1) is 24.6 Å². The van der Waals surface area contributed by atoms with Crippen LogP contribution < -0.4 is 10.1 Å². The number of carbonyl (C=O) groups excluding carboxylic acids is 1. The van der Waals surface area contributed by atoms with Gasteiger partial charge in [-0.3, -0.25) is 9.59 Å². The zero-order chi connectivity index (χ0) is 22.5. The molecule has 160 valence electrons. The van der Waals surface area contributed by atoms with Gasteiger partial charge in [0, 0.05) is 11.1 Å². The number of methoxy groups -OCH3 is 1. The third-order valence-electron chi connectivity index (χ3n) is 4.65. The van der Waals surface area contributed by atoms with Gasteiger partial charge in [0.15, 0.2) is 0 Å². The van der Waals surface area contributed by atoms with E-state index in [9.17, 15) is 19.1 Å². The summed E-state index contributed by atoms with van der Waals surface area (Å²) >= 11 is 6.33. The third-order valence-corrected chi connectivity index (χ3v) is 4.98. The molecule has 0 fully saturated rings. The Kier molecular flexibility index (Phi) is 6.87. The van der Waals surface area contributed by atoms with Crippen molar-refractivity contribution in [3.05, 3.63) is 82.3 Å². The van der Waals surface area contributed by atoms with Gasteiger partial charge in [0.1, 0.15) is 23.0 Å². The molecule has 0 bridgehead atoms. The minimum atomic E-state index is -1.18. The molecule has 1 amide bonds. The molecule has 2 N–H and O–H groups in total. The van der Waals surface area contributed by atoms with Gasteiger partial charge in [-0.05, 0) is 37.3 Å². The topological polar surface area (TPSA) is 88.5 Å². The summed E-state index contributed by atoms with van der Waals surface area (Å²) in [4.78, 5) is 28.6. The Balaban J connectivity index is 1.98. The number of halogens is 2. The smallest absolute Gasteiger partial charge is 0.305 e. The monoisotopic (exact) mass is 442 g/mol. The normalized spacial score (nSPS) is 11.6. The summed E-state index contributed by atoms with van der Waals surface area (Å²) in [7, 11) is 1.48. The van der Waals surface area contributed by atoms with Crippen molar-refractivity contribution in [1.82, 2.24) is 10.3 Å². The van der Waals surface area contributed by atoms with Crippen LogP contribution in [-0.2, 0) is 4.79 Å². The summed E-state index contributed by atoms with van der Waals surface area (Å²) in [5, 5.41) is 12.2. The second-order valence-corrected chi connectivity index (χ2v) is 7.28. The van der Waals surface area contributed by atoms with E-state index in [1.165, 1.54) is 31.4 Å². The highest BCUT2D eigenvalue weighted by atomic mass is 35.5. The second kappa shape index (κ2) is 9.57. The molecule has 3 rings (SSSR count).